The number of alkyl halides is 3. The maximum absolute atomic E-state index is 14.6. The maximum Gasteiger partial charge on any atom is 0.416 e. The van der Waals surface area contributed by atoms with Crippen molar-refractivity contribution >= 4 is 44.8 Å². The van der Waals surface area contributed by atoms with Crippen LogP contribution in [-0.2, 0) is 27.6 Å². The van der Waals surface area contributed by atoms with Crippen molar-refractivity contribution in [1.29, 1.82) is 0 Å². The molecular formula is C27H22BrF3N2O3. The standard InChI is InChI=1S/C27H22BrF3N2O3/c1-3-32-21-12-9-16(27(29,30)31)15-22(21)33(17-7-5-4-6-8-17)25(35)26(24(32)34)14-13-18-19(26)10-11-20(28)23(18)36-2/h4-12,15H,3,13-14H2,1-2H3. The third-order valence-corrected chi connectivity index (χ3v) is 7.59. The molecule has 1 aliphatic carbocycles. The van der Waals surface area contributed by atoms with Crippen LogP contribution in [0.25, 0.3) is 0 Å². The van der Waals surface area contributed by atoms with Gasteiger partial charge in [-0.1, -0.05) is 24.3 Å². The molecule has 3 aromatic rings. The van der Waals surface area contributed by atoms with Crippen LogP contribution in [0.5, 0.6) is 5.75 Å². The second-order valence-electron chi connectivity index (χ2n) is 8.74. The molecule has 9 heteroatoms. The number of amides is 2. The highest BCUT2D eigenvalue weighted by Gasteiger charge is 2.58. The number of hydrogen-bond donors (Lipinski definition) is 0. The van der Waals surface area contributed by atoms with Crippen LogP contribution in [0.4, 0.5) is 30.2 Å². The van der Waals surface area contributed by atoms with Gasteiger partial charge in [0.1, 0.15) is 5.75 Å². The summed E-state index contributed by atoms with van der Waals surface area (Å²) in [6, 6.07) is 15.1. The van der Waals surface area contributed by atoms with Gasteiger partial charge in [-0.15, -0.1) is 0 Å². The molecule has 5 rings (SSSR count). The van der Waals surface area contributed by atoms with Gasteiger partial charge in [-0.3, -0.25) is 14.5 Å². The van der Waals surface area contributed by atoms with Crippen LogP contribution in [0.15, 0.2) is 65.1 Å². The SMILES string of the molecule is CCN1C(=O)C2(CCc3c2ccc(Br)c3OC)C(=O)N(c2ccccc2)c2cc(C(F)(F)F)ccc21. The Morgan fingerprint density at radius 1 is 1.00 bits per heavy atom. The highest BCUT2D eigenvalue weighted by molar-refractivity contribution is 9.10. The molecule has 0 fully saturated rings. The summed E-state index contributed by atoms with van der Waals surface area (Å²) in [6.07, 6.45) is -4.04. The third kappa shape index (κ3) is 3.43. The topological polar surface area (TPSA) is 49.9 Å². The van der Waals surface area contributed by atoms with E-state index in [1.165, 1.54) is 23.0 Å². The van der Waals surface area contributed by atoms with E-state index < -0.39 is 29.0 Å². The first-order valence-corrected chi connectivity index (χ1v) is 12.2. The van der Waals surface area contributed by atoms with Gasteiger partial charge < -0.3 is 9.64 Å². The van der Waals surface area contributed by atoms with E-state index in [1.54, 1.807) is 49.4 Å². The molecule has 0 saturated heterocycles. The first-order valence-electron chi connectivity index (χ1n) is 11.4. The van der Waals surface area contributed by atoms with Crippen molar-refractivity contribution in [1.82, 2.24) is 0 Å². The Bertz CT molecular complexity index is 1380. The van der Waals surface area contributed by atoms with E-state index in [2.05, 4.69) is 15.9 Å². The second kappa shape index (κ2) is 8.65. The van der Waals surface area contributed by atoms with Crippen LogP contribution in [0, 0.1) is 0 Å². The minimum atomic E-state index is -4.62. The molecule has 0 N–H and O–H groups in total. The number of rotatable bonds is 3. The monoisotopic (exact) mass is 558 g/mol. The molecule has 1 aliphatic heterocycles. The minimum absolute atomic E-state index is 0.0191. The molecule has 1 spiro atoms. The number of ether oxygens (including phenoxy) is 1. The Morgan fingerprint density at radius 2 is 1.72 bits per heavy atom. The van der Waals surface area contributed by atoms with Gasteiger partial charge in [-0.25, -0.2) is 0 Å². The Morgan fingerprint density at radius 3 is 2.36 bits per heavy atom. The van der Waals surface area contributed by atoms with Crippen molar-refractivity contribution in [3.8, 4) is 5.75 Å². The molecule has 2 aliphatic rings. The van der Waals surface area contributed by atoms with E-state index in [9.17, 15) is 22.8 Å². The van der Waals surface area contributed by atoms with Gasteiger partial charge >= 0.3 is 6.18 Å². The summed E-state index contributed by atoms with van der Waals surface area (Å²) >= 11 is 3.47. The lowest BCUT2D eigenvalue weighted by molar-refractivity contribution is -0.138. The average Bonchev–Trinajstić information content (AvgIpc) is 3.22. The van der Waals surface area contributed by atoms with E-state index in [0.29, 0.717) is 27.9 Å². The van der Waals surface area contributed by atoms with Crippen molar-refractivity contribution in [3.05, 3.63) is 81.8 Å². The number of halogens is 4. The molecule has 0 saturated carbocycles. The second-order valence-corrected chi connectivity index (χ2v) is 9.59. The zero-order valence-electron chi connectivity index (χ0n) is 19.5. The number of likely N-dealkylation sites (N-methyl/N-ethyl adjacent to an activating group) is 1. The fraction of sp³-hybridized carbons (Fsp3) is 0.259. The van der Waals surface area contributed by atoms with Crippen molar-refractivity contribution < 1.29 is 27.5 Å². The Labute approximate surface area is 214 Å². The number of carbonyl (C=O) groups is 2. The molecule has 0 bridgehead atoms. The molecule has 5 nitrogen and oxygen atoms in total. The summed E-state index contributed by atoms with van der Waals surface area (Å²) in [7, 11) is 1.52. The van der Waals surface area contributed by atoms with E-state index >= 15 is 0 Å². The van der Waals surface area contributed by atoms with Gasteiger partial charge in [0, 0.05) is 17.8 Å². The minimum Gasteiger partial charge on any atom is -0.495 e. The quantitative estimate of drug-likeness (QED) is 0.350. The summed E-state index contributed by atoms with van der Waals surface area (Å²) in [5.74, 6) is -0.503. The van der Waals surface area contributed by atoms with Gasteiger partial charge in [0.05, 0.1) is 28.5 Å². The molecule has 0 radical (unpaired) electrons. The van der Waals surface area contributed by atoms with Crippen LogP contribution >= 0.6 is 15.9 Å². The predicted molar refractivity (Wildman–Crippen MR) is 134 cm³/mol. The zero-order valence-corrected chi connectivity index (χ0v) is 21.1. The molecular weight excluding hydrogens is 537 g/mol. The van der Waals surface area contributed by atoms with Crippen LogP contribution in [0.1, 0.15) is 30.0 Å². The van der Waals surface area contributed by atoms with Gasteiger partial charge in [0.15, 0.2) is 5.41 Å². The molecule has 2 amide bonds. The Balaban J connectivity index is 1.84. The highest BCUT2D eigenvalue weighted by Crippen LogP contribution is 2.52. The maximum atomic E-state index is 14.6. The van der Waals surface area contributed by atoms with E-state index in [4.69, 9.17) is 4.74 Å². The fourth-order valence-electron chi connectivity index (χ4n) is 5.35. The van der Waals surface area contributed by atoms with Crippen LogP contribution < -0.4 is 14.5 Å². The summed E-state index contributed by atoms with van der Waals surface area (Å²) < 4.78 is 47.5. The van der Waals surface area contributed by atoms with Crippen molar-refractivity contribution in [2.24, 2.45) is 0 Å². The first kappa shape index (κ1) is 24.4. The van der Waals surface area contributed by atoms with E-state index in [-0.39, 0.29) is 24.3 Å². The number of anilines is 3. The number of fused-ring (bicyclic) bond motifs is 3. The van der Waals surface area contributed by atoms with E-state index in [0.717, 1.165) is 17.7 Å². The molecule has 1 atom stereocenters. The van der Waals surface area contributed by atoms with E-state index in [1.807, 2.05) is 0 Å². The third-order valence-electron chi connectivity index (χ3n) is 6.97. The van der Waals surface area contributed by atoms with Gasteiger partial charge in [0.2, 0.25) is 5.91 Å². The summed E-state index contributed by atoms with van der Waals surface area (Å²) in [4.78, 5) is 31.5. The van der Waals surface area contributed by atoms with Gasteiger partial charge in [-0.2, -0.15) is 13.2 Å². The van der Waals surface area contributed by atoms with Crippen molar-refractivity contribution in [2.45, 2.75) is 31.4 Å². The molecule has 3 aromatic carbocycles. The Hall–Kier alpha value is -3.33. The predicted octanol–water partition coefficient (Wildman–Crippen LogP) is 6.39. The summed E-state index contributed by atoms with van der Waals surface area (Å²) in [5, 5.41) is 0. The zero-order chi connectivity index (χ0) is 25.8. The van der Waals surface area contributed by atoms with Gasteiger partial charge in [-0.05, 0) is 77.7 Å². The van der Waals surface area contributed by atoms with Gasteiger partial charge in [0.25, 0.3) is 5.91 Å². The highest BCUT2D eigenvalue weighted by atomic mass is 79.9. The molecule has 1 heterocycles. The Kier molecular flexibility index (Phi) is 5.86. The largest absolute Gasteiger partial charge is 0.495 e. The van der Waals surface area contributed by atoms with Crippen LogP contribution in [0.3, 0.4) is 0 Å². The first-order chi connectivity index (χ1) is 17.1. The lowest BCUT2D eigenvalue weighted by Gasteiger charge is -2.32. The smallest absolute Gasteiger partial charge is 0.416 e. The van der Waals surface area contributed by atoms with Crippen molar-refractivity contribution in [2.75, 3.05) is 23.5 Å². The summed E-state index contributed by atoms with van der Waals surface area (Å²) in [6.45, 7) is 1.92. The number of para-hydroxylation sites is 1. The number of hydrogen-bond acceptors (Lipinski definition) is 3. The number of carbonyl (C=O) groups excluding carboxylic acids is 2. The normalized spacial score (nSPS) is 19.4. The molecule has 1 unspecified atom stereocenters. The molecule has 186 valence electrons. The molecule has 36 heavy (non-hydrogen) atoms. The lowest BCUT2D eigenvalue weighted by Crippen LogP contribution is -2.53. The lowest BCUT2D eigenvalue weighted by atomic mass is 9.78. The van der Waals surface area contributed by atoms with Crippen LogP contribution in [-0.4, -0.2) is 25.5 Å². The number of nitrogens with zero attached hydrogens (tertiary/aromatic N) is 2. The number of methoxy groups -OCH3 is 1. The fourth-order valence-corrected chi connectivity index (χ4v) is 5.88. The number of benzene rings is 3. The summed E-state index contributed by atoms with van der Waals surface area (Å²) in [5.41, 5.74) is -0.613. The van der Waals surface area contributed by atoms with Crippen molar-refractivity contribution in [3.63, 3.8) is 0 Å². The average molecular weight is 559 g/mol. The van der Waals surface area contributed by atoms with Crippen LogP contribution in [0.2, 0.25) is 0 Å². The molecule has 0 aromatic heterocycles.